The largest absolute Gasteiger partial charge is 0.329 e. The van der Waals surface area contributed by atoms with Gasteiger partial charge < -0.3 is 5.73 Å². The highest BCUT2D eigenvalue weighted by atomic mass is 15.2. The van der Waals surface area contributed by atoms with E-state index in [1.807, 2.05) is 0 Å². The molecular weight excluding hydrogens is 256 g/mol. The summed E-state index contributed by atoms with van der Waals surface area (Å²) in [6.07, 6.45) is 5.18. The van der Waals surface area contributed by atoms with E-state index in [0.29, 0.717) is 12.0 Å². The van der Waals surface area contributed by atoms with Crippen LogP contribution in [0.5, 0.6) is 0 Å². The lowest BCUT2D eigenvalue weighted by molar-refractivity contribution is 0.193. The minimum Gasteiger partial charge on any atom is -0.329 e. The van der Waals surface area contributed by atoms with Crippen molar-refractivity contribution in [2.45, 2.75) is 52.5 Å². The Morgan fingerprint density at radius 2 is 1.86 bits per heavy atom. The van der Waals surface area contributed by atoms with Gasteiger partial charge in [0, 0.05) is 19.1 Å². The molecule has 1 atom stereocenters. The average Bonchev–Trinajstić information content (AvgIpc) is 3.25. The van der Waals surface area contributed by atoms with Crippen molar-refractivity contribution in [2.75, 3.05) is 19.6 Å². The molecule has 0 heterocycles. The molecule has 0 aromatic heterocycles. The lowest BCUT2D eigenvalue weighted by Gasteiger charge is -2.31. The van der Waals surface area contributed by atoms with Crippen molar-refractivity contribution in [3.63, 3.8) is 0 Å². The summed E-state index contributed by atoms with van der Waals surface area (Å²) in [5.41, 5.74) is 8.94. The fourth-order valence-electron chi connectivity index (χ4n) is 3.14. The number of nitrogens with zero attached hydrogens (tertiary/aromatic N) is 1. The van der Waals surface area contributed by atoms with Crippen molar-refractivity contribution in [3.05, 3.63) is 35.4 Å². The molecule has 0 aliphatic heterocycles. The van der Waals surface area contributed by atoms with E-state index in [1.54, 1.807) is 0 Å². The molecule has 1 aliphatic carbocycles. The Morgan fingerprint density at radius 3 is 2.33 bits per heavy atom. The molecule has 0 amide bonds. The minimum absolute atomic E-state index is 0.388. The number of nitrogens with two attached hydrogens (primary N) is 1. The van der Waals surface area contributed by atoms with Crippen LogP contribution in [-0.2, 0) is 6.42 Å². The molecule has 2 N–H and O–H groups in total. The van der Waals surface area contributed by atoms with Gasteiger partial charge in [-0.25, -0.2) is 0 Å². The molecule has 0 radical (unpaired) electrons. The van der Waals surface area contributed by atoms with Crippen molar-refractivity contribution in [3.8, 4) is 0 Å². The van der Waals surface area contributed by atoms with E-state index in [4.69, 9.17) is 5.73 Å². The highest BCUT2D eigenvalue weighted by molar-refractivity contribution is 5.26. The van der Waals surface area contributed by atoms with Crippen LogP contribution < -0.4 is 5.73 Å². The first kappa shape index (κ1) is 16.5. The summed E-state index contributed by atoms with van der Waals surface area (Å²) < 4.78 is 0. The summed E-state index contributed by atoms with van der Waals surface area (Å²) in [5, 5.41) is 0. The molecule has 1 unspecified atom stereocenters. The van der Waals surface area contributed by atoms with Gasteiger partial charge in [0.15, 0.2) is 0 Å². The maximum atomic E-state index is 6.11. The summed E-state index contributed by atoms with van der Waals surface area (Å²) >= 11 is 0. The quantitative estimate of drug-likeness (QED) is 0.744. The number of hydrogen-bond donors (Lipinski definition) is 1. The van der Waals surface area contributed by atoms with Crippen molar-refractivity contribution < 1.29 is 0 Å². The Hall–Kier alpha value is -0.860. The number of rotatable bonds is 9. The first-order chi connectivity index (χ1) is 10.1. The second kappa shape index (κ2) is 7.95. The number of hydrogen-bond acceptors (Lipinski definition) is 2. The van der Waals surface area contributed by atoms with Crippen molar-refractivity contribution >= 4 is 0 Å². The molecule has 1 aliphatic rings. The topological polar surface area (TPSA) is 29.3 Å². The summed E-state index contributed by atoms with van der Waals surface area (Å²) in [5.74, 6) is 1.64. The van der Waals surface area contributed by atoms with Gasteiger partial charge in [0.1, 0.15) is 0 Å². The third-order valence-corrected chi connectivity index (χ3v) is 4.37. The molecular formula is C19H32N2. The zero-order valence-corrected chi connectivity index (χ0v) is 14.0. The van der Waals surface area contributed by atoms with E-state index < -0.39 is 0 Å². The first-order valence-electron chi connectivity index (χ1n) is 8.67. The Labute approximate surface area is 130 Å². The van der Waals surface area contributed by atoms with Gasteiger partial charge in [0.2, 0.25) is 0 Å². The smallest absolute Gasteiger partial charge is 0.0470 e. The summed E-state index contributed by atoms with van der Waals surface area (Å²) in [6, 6.07) is 9.56. The van der Waals surface area contributed by atoms with Crippen LogP contribution in [0, 0.1) is 11.8 Å². The van der Waals surface area contributed by atoms with E-state index in [-0.39, 0.29) is 0 Å². The lowest BCUT2D eigenvalue weighted by Crippen LogP contribution is -2.36. The second-order valence-electron chi connectivity index (χ2n) is 7.03. The molecule has 2 nitrogen and oxygen atoms in total. The van der Waals surface area contributed by atoms with E-state index in [1.165, 1.54) is 36.9 Å². The van der Waals surface area contributed by atoms with Gasteiger partial charge in [-0.2, -0.15) is 0 Å². The minimum atomic E-state index is 0.388. The van der Waals surface area contributed by atoms with Gasteiger partial charge in [0.05, 0.1) is 0 Å². The molecule has 21 heavy (non-hydrogen) atoms. The Bertz CT molecular complexity index is 406. The van der Waals surface area contributed by atoms with Crippen LogP contribution >= 0.6 is 0 Å². The van der Waals surface area contributed by atoms with Gasteiger partial charge in [-0.15, -0.1) is 0 Å². The highest BCUT2D eigenvalue weighted by Crippen LogP contribution is 2.32. The third kappa shape index (κ3) is 5.12. The average molecular weight is 288 g/mol. The van der Waals surface area contributed by atoms with Crippen molar-refractivity contribution in [1.29, 1.82) is 0 Å². The van der Waals surface area contributed by atoms with Gasteiger partial charge in [0.25, 0.3) is 0 Å². The fourth-order valence-corrected chi connectivity index (χ4v) is 3.14. The van der Waals surface area contributed by atoms with Gasteiger partial charge in [-0.05, 0) is 55.2 Å². The summed E-state index contributed by atoms with van der Waals surface area (Å²) in [7, 11) is 0. The highest BCUT2D eigenvalue weighted by Gasteiger charge is 2.27. The molecule has 1 aromatic carbocycles. The van der Waals surface area contributed by atoms with Gasteiger partial charge in [-0.1, -0.05) is 45.0 Å². The van der Waals surface area contributed by atoms with Crippen LogP contribution in [0.1, 0.15) is 57.2 Å². The Kier molecular flexibility index (Phi) is 6.25. The van der Waals surface area contributed by atoms with Crippen LogP contribution in [0.3, 0.4) is 0 Å². The van der Waals surface area contributed by atoms with Crippen molar-refractivity contribution in [1.82, 2.24) is 4.90 Å². The zero-order chi connectivity index (χ0) is 15.2. The summed E-state index contributed by atoms with van der Waals surface area (Å²) in [4.78, 5) is 2.61. The zero-order valence-electron chi connectivity index (χ0n) is 14.0. The maximum Gasteiger partial charge on any atom is 0.0470 e. The Morgan fingerprint density at radius 1 is 1.19 bits per heavy atom. The fraction of sp³-hybridized carbons (Fsp3) is 0.684. The van der Waals surface area contributed by atoms with Crippen LogP contribution in [-0.4, -0.2) is 24.5 Å². The van der Waals surface area contributed by atoms with Crippen LogP contribution in [0.25, 0.3) is 0 Å². The van der Waals surface area contributed by atoms with Crippen LogP contribution in [0.4, 0.5) is 0 Å². The molecule has 0 bridgehead atoms. The Balaban J connectivity index is 2.06. The molecule has 0 spiro atoms. The van der Waals surface area contributed by atoms with Crippen molar-refractivity contribution in [2.24, 2.45) is 17.6 Å². The molecule has 118 valence electrons. The van der Waals surface area contributed by atoms with Crippen LogP contribution in [0.2, 0.25) is 0 Å². The van der Waals surface area contributed by atoms with Gasteiger partial charge >= 0.3 is 0 Å². The second-order valence-corrected chi connectivity index (χ2v) is 7.03. The normalized spacial score (nSPS) is 16.7. The number of benzene rings is 1. The molecule has 2 rings (SSSR count). The summed E-state index contributed by atoms with van der Waals surface area (Å²) in [6.45, 7) is 9.91. The van der Waals surface area contributed by atoms with Crippen LogP contribution in [0.15, 0.2) is 24.3 Å². The van der Waals surface area contributed by atoms with E-state index in [0.717, 1.165) is 25.4 Å². The SMILES string of the molecule is CCCN(CC1CC1)C(CN)c1ccc(CC(C)C)cc1. The van der Waals surface area contributed by atoms with E-state index in [2.05, 4.69) is 49.9 Å². The monoisotopic (exact) mass is 288 g/mol. The first-order valence-corrected chi connectivity index (χ1v) is 8.67. The van der Waals surface area contributed by atoms with E-state index in [9.17, 15) is 0 Å². The van der Waals surface area contributed by atoms with E-state index >= 15 is 0 Å². The predicted molar refractivity (Wildman–Crippen MR) is 91.4 cm³/mol. The molecule has 1 saturated carbocycles. The maximum absolute atomic E-state index is 6.11. The predicted octanol–water partition coefficient (Wildman–Crippen LogP) is 4.01. The molecule has 2 heteroatoms. The molecule has 0 saturated heterocycles. The molecule has 1 aromatic rings. The molecule has 1 fully saturated rings. The van der Waals surface area contributed by atoms with Gasteiger partial charge in [-0.3, -0.25) is 4.90 Å². The lowest BCUT2D eigenvalue weighted by atomic mass is 9.98. The standard InChI is InChI=1S/C19H32N2/c1-4-11-21(14-17-5-6-17)19(13-20)18-9-7-16(8-10-18)12-15(2)3/h7-10,15,17,19H,4-6,11-14,20H2,1-3H3. The third-order valence-electron chi connectivity index (χ3n) is 4.37.